The highest BCUT2D eigenvalue weighted by Crippen LogP contribution is 2.31. The number of likely N-dealkylation sites (tertiary alicyclic amines) is 1. The van der Waals surface area contributed by atoms with E-state index in [1.807, 2.05) is 0 Å². The van der Waals surface area contributed by atoms with Crippen LogP contribution in [0.1, 0.15) is 25.3 Å². The Balaban J connectivity index is 1.68. The lowest BCUT2D eigenvalue weighted by Gasteiger charge is -2.34. The van der Waals surface area contributed by atoms with Crippen LogP contribution < -0.4 is 5.48 Å². The standard InChI is InChI=1S/C15H18FN3O3/c1-2-21-14(20)19-8-6-15(7-9-19)17-13(18-22-15)11-4-3-5-12(16)10-11/h3-5,10H,2,6-9H2,1H3,(H,17,18). The molecule has 0 saturated carbocycles. The molecule has 0 atom stereocenters. The van der Waals surface area contributed by atoms with Gasteiger partial charge in [0, 0.05) is 31.5 Å². The first-order valence-electron chi connectivity index (χ1n) is 7.33. The molecule has 118 valence electrons. The minimum absolute atomic E-state index is 0.308. The quantitative estimate of drug-likeness (QED) is 0.908. The van der Waals surface area contributed by atoms with Crippen molar-refractivity contribution < 1.29 is 18.8 Å². The van der Waals surface area contributed by atoms with Crippen molar-refractivity contribution in [1.29, 1.82) is 0 Å². The fourth-order valence-corrected chi connectivity index (χ4v) is 2.62. The lowest BCUT2D eigenvalue weighted by molar-refractivity contribution is -0.0866. The molecule has 22 heavy (non-hydrogen) atoms. The Morgan fingerprint density at radius 3 is 2.95 bits per heavy atom. The van der Waals surface area contributed by atoms with Gasteiger partial charge in [-0.25, -0.2) is 24.5 Å². The Kier molecular flexibility index (Phi) is 3.98. The average molecular weight is 307 g/mol. The molecule has 2 aliphatic rings. The maximum absolute atomic E-state index is 13.3. The monoisotopic (exact) mass is 307 g/mol. The van der Waals surface area contributed by atoms with E-state index in [4.69, 9.17) is 9.57 Å². The van der Waals surface area contributed by atoms with Gasteiger partial charge in [0.05, 0.1) is 6.61 Å². The molecule has 1 N–H and O–H groups in total. The number of aliphatic imine (C=N–C) groups is 1. The van der Waals surface area contributed by atoms with E-state index < -0.39 is 5.72 Å². The number of hydrogen-bond donors (Lipinski definition) is 1. The van der Waals surface area contributed by atoms with Crippen LogP contribution in [0, 0.1) is 5.82 Å². The molecule has 0 unspecified atom stereocenters. The van der Waals surface area contributed by atoms with Crippen LogP contribution in [0.2, 0.25) is 0 Å². The predicted molar refractivity (Wildman–Crippen MR) is 77.7 cm³/mol. The number of nitrogens with zero attached hydrogens (tertiary/aromatic N) is 2. The van der Waals surface area contributed by atoms with E-state index in [0.29, 0.717) is 43.9 Å². The predicted octanol–water partition coefficient (Wildman–Crippen LogP) is 2.06. The van der Waals surface area contributed by atoms with E-state index in [1.165, 1.54) is 12.1 Å². The first-order chi connectivity index (χ1) is 10.6. The van der Waals surface area contributed by atoms with E-state index in [2.05, 4.69) is 10.5 Å². The van der Waals surface area contributed by atoms with Gasteiger partial charge in [0.25, 0.3) is 0 Å². The van der Waals surface area contributed by atoms with Gasteiger partial charge in [-0.15, -0.1) is 0 Å². The summed E-state index contributed by atoms with van der Waals surface area (Å²) in [6.45, 7) is 3.17. The number of nitrogens with one attached hydrogen (secondary N) is 1. The van der Waals surface area contributed by atoms with Crippen LogP contribution >= 0.6 is 0 Å². The lowest BCUT2D eigenvalue weighted by atomic mass is 10.0. The number of rotatable bonds is 2. The summed E-state index contributed by atoms with van der Waals surface area (Å²) in [5.74, 6) is 0.198. The molecule has 7 heteroatoms. The molecule has 1 amide bonds. The van der Waals surface area contributed by atoms with Crippen LogP contribution in [-0.4, -0.2) is 42.3 Å². The third-order valence-electron chi connectivity index (χ3n) is 3.82. The van der Waals surface area contributed by atoms with E-state index >= 15 is 0 Å². The van der Waals surface area contributed by atoms with Crippen LogP contribution in [0.15, 0.2) is 29.3 Å². The van der Waals surface area contributed by atoms with E-state index in [0.717, 1.165) is 0 Å². The maximum atomic E-state index is 13.3. The van der Waals surface area contributed by atoms with Gasteiger partial charge in [0.1, 0.15) is 5.82 Å². The van der Waals surface area contributed by atoms with E-state index in [-0.39, 0.29) is 11.9 Å². The minimum Gasteiger partial charge on any atom is -0.450 e. The zero-order valence-corrected chi connectivity index (χ0v) is 12.3. The molecule has 6 nitrogen and oxygen atoms in total. The Labute approximate surface area is 127 Å². The second kappa shape index (κ2) is 5.92. The molecule has 1 aromatic carbocycles. The summed E-state index contributed by atoms with van der Waals surface area (Å²) in [4.78, 5) is 23.5. The second-order valence-electron chi connectivity index (χ2n) is 5.31. The Bertz CT molecular complexity index is 597. The number of hydroxylamine groups is 1. The molecule has 1 saturated heterocycles. The number of benzene rings is 1. The van der Waals surface area contributed by atoms with Gasteiger partial charge in [-0.2, -0.15) is 0 Å². The minimum atomic E-state index is -0.690. The highest BCUT2D eigenvalue weighted by molar-refractivity contribution is 5.99. The summed E-state index contributed by atoms with van der Waals surface area (Å²) in [6.07, 6.45) is 0.826. The van der Waals surface area contributed by atoms with Crippen LogP contribution in [0.4, 0.5) is 9.18 Å². The molecule has 0 aromatic heterocycles. The van der Waals surface area contributed by atoms with Crippen LogP contribution in [0.5, 0.6) is 0 Å². The normalized spacial score (nSPS) is 19.7. The summed E-state index contributed by atoms with van der Waals surface area (Å²) in [5.41, 5.74) is 2.73. The van der Waals surface area contributed by atoms with Gasteiger partial charge in [-0.1, -0.05) is 12.1 Å². The number of amides is 1. The Morgan fingerprint density at radius 1 is 1.50 bits per heavy atom. The number of halogens is 1. The Morgan fingerprint density at radius 2 is 2.27 bits per heavy atom. The number of carbonyl (C=O) groups is 1. The molecular formula is C15H18FN3O3. The number of amidine groups is 1. The first kappa shape index (κ1) is 14.8. The third-order valence-corrected chi connectivity index (χ3v) is 3.82. The first-order valence-corrected chi connectivity index (χ1v) is 7.33. The molecule has 1 fully saturated rings. The summed E-state index contributed by atoms with van der Waals surface area (Å²) < 4.78 is 18.3. The number of piperidine rings is 1. The largest absolute Gasteiger partial charge is 0.450 e. The van der Waals surface area contributed by atoms with Crippen molar-refractivity contribution in [3.8, 4) is 0 Å². The second-order valence-corrected chi connectivity index (χ2v) is 5.31. The summed E-state index contributed by atoms with van der Waals surface area (Å²) in [6, 6.07) is 6.18. The van der Waals surface area contributed by atoms with Gasteiger partial charge < -0.3 is 9.64 Å². The molecule has 3 rings (SSSR count). The lowest BCUT2D eigenvalue weighted by Crippen LogP contribution is -2.46. The van der Waals surface area contributed by atoms with E-state index in [9.17, 15) is 9.18 Å². The molecular weight excluding hydrogens is 289 g/mol. The fourth-order valence-electron chi connectivity index (χ4n) is 2.62. The van der Waals surface area contributed by atoms with Crippen molar-refractivity contribution in [2.45, 2.75) is 25.5 Å². The Hall–Kier alpha value is -2.15. The summed E-state index contributed by atoms with van der Waals surface area (Å²) in [7, 11) is 0. The zero-order chi connectivity index (χ0) is 15.6. The number of ether oxygens (including phenoxy) is 1. The van der Waals surface area contributed by atoms with Gasteiger partial charge in [0.15, 0.2) is 11.6 Å². The highest BCUT2D eigenvalue weighted by atomic mass is 19.1. The molecule has 0 radical (unpaired) electrons. The van der Waals surface area contributed by atoms with Crippen LogP contribution in [0.25, 0.3) is 0 Å². The molecule has 2 heterocycles. The van der Waals surface area contributed by atoms with E-state index in [1.54, 1.807) is 24.0 Å². The maximum Gasteiger partial charge on any atom is 0.409 e. The van der Waals surface area contributed by atoms with Crippen molar-refractivity contribution >= 4 is 11.9 Å². The van der Waals surface area contributed by atoms with Gasteiger partial charge in [0.2, 0.25) is 0 Å². The van der Waals surface area contributed by atoms with Crippen molar-refractivity contribution in [1.82, 2.24) is 10.4 Å². The highest BCUT2D eigenvalue weighted by Gasteiger charge is 2.41. The smallest absolute Gasteiger partial charge is 0.409 e. The number of hydrogen-bond acceptors (Lipinski definition) is 5. The van der Waals surface area contributed by atoms with Crippen LogP contribution in [-0.2, 0) is 9.57 Å². The summed E-state index contributed by atoms with van der Waals surface area (Å²) in [5, 5.41) is 0. The third kappa shape index (κ3) is 2.89. The fraction of sp³-hybridized carbons (Fsp3) is 0.467. The van der Waals surface area contributed by atoms with Crippen molar-refractivity contribution in [2.24, 2.45) is 4.99 Å². The van der Waals surface area contributed by atoms with Gasteiger partial charge in [-0.05, 0) is 19.1 Å². The van der Waals surface area contributed by atoms with Crippen molar-refractivity contribution in [3.63, 3.8) is 0 Å². The summed E-state index contributed by atoms with van der Waals surface area (Å²) >= 11 is 0. The van der Waals surface area contributed by atoms with Crippen LogP contribution in [0.3, 0.4) is 0 Å². The molecule has 0 aliphatic carbocycles. The zero-order valence-electron chi connectivity index (χ0n) is 12.3. The molecule has 0 bridgehead atoms. The number of carbonyl (C=O) groups excluding carboxylic acids is 1. The SMILES string of the molecule is CCOC(=O)N1CCC2(CC1)N=C(c1cccc(F)c1)NO2. The van der Waals surface area contributed by atoms with Gasteiger partial charge >= 0.3 is 6.09 Å². The van der Waals surface area contributed by atoms with Gasteiger partial charge in [-0.3, -0.25) is 0 Å². The topological polar surface area (TPSA) is 63.2 Å². The van der Waals surface area contributed by atoms with Crippen molar-refractivity contribution in [2.75, 3.05) is 19.7 Å². The molecule has 1 spiro atoms. The average Bonchev–Trinajstić information content (AvgIpc) is 2.92. The molecule has 1 aromatic rings. The molecule has 2 aliphatic heterocycles. The van der Waals surface area contributed by atoms with Crippen molar-refractivity contribution in [3.05, 3.63) is 35.6 Å².